The molecule has 2 aliphatic rings. The summed E-state index contributed by atoms with van der Waals surface area (Å²) in [5.74, 6) is -0.235. The Morgan fingerprint density at radius 1 is 1.00 bits per heavy atom. The first-order valence-corrected chi connectivity index (χ1v) is 12.5. The number of nitrogens with zero attached hydrogens (tertiary/aromatic N) is 2. The molecular weight excluding hydrogens is 442 g/mol. The molecule has 0 bridgehead atoms. The van der Waals surface area contributed by atoms with Gasteiger partial charge in [-0.3, -0.25) is 4.79 Å². The second-order valence-electron chi connectivity index (χ2n) is 7.62. The van der Waals surface area contributed by atoms with Crippen molar-refractivity contribution in [3.63, 3.8) is 0 Å². The van der Waals surface area contributed by atoms with E-state index in [4.69, 9.17) is 0 Å². The van der Waals surface area contributed by atoms with Gasteiger partial charge in [-0.15, -0.1) is 0 Å². The molecule has 0 radical (unpaired) electrons. The van der Waals surface area contributed by atoms with Crippen molar-refractivity contribution >= 4 is 31.9 Å². The molecule has 156 valence electrons. The van der Waals surface area contributed by atoms with Gasteiger partial charge < -0.3 is 10.2 Å². The van der Waals surface area contributed by atoms with Crippen molar-refractivity contribution < 1.29 is 13.2 Å². The molecule has 1 aromatic rings. The normalized spacial score (nSPS) is 19.5. The molecule has 0 spiro atoms. The first-order chi connectivity index (χ1) is 13.5. The molecule has 2 fully saturated rings. The number of hydrogen-bond donors (Lipinski definition) is 1. The number of hydrogen-bond acceptors (Lipinski definition) is 4. The van der Waals surface area contributed by atoms with Crippen molar-refractivity contribution in [2.24, 2.45) is 0 Å². The molecule has 2 aliphatic heterocycles. The fourth-order valence-corrected chi connectivity index (χ4v) is 5.85. The van der Waals surface area contributed by atoms with Crippen LogP contribution in [-0.2, 0) is 10.0 Å². The molecule has 1 amide bonds. The van der Waals surface area contributed by atoms with Crippen LogP contribution in [0.2, 0.25) is 0 Å². The summed E-state index contributed by atoms with van der Waals surface area (Å²) < 4.78 is 27.9. The van der Waals surface area contributed by atoms with Gasteiger partial charge in [0, 0.05) is 24.1 Å². The molecule has 0 aliphatic carbocycles. The van der Waals surface area contributed by atoms with Crippen LogP contribution in [0.25, 0.3) is 0 Å². The van der Waals surface area contributed by atoms with Crippen molar-refractivity contribution in [3.05, 3.63) is 28.2 Å². The van der Waals surface area contributed by atoms with Crippen LogP contribution in [0.3, 0.4) is 0 Å². The predicted molar refractivity (Wildman–Crippen MR) is 114 cm³/mol. The molecule has 1 N–H and O–H groups in total. The SMILES string of the molecule is O=C(NCCCN1CCCCC1)c1cc(S(=O)(=O)N2CCCCC2)ccc1Br. The number of halogens is 1. The van der Waals surface area contributed by atoms with E-state index in [1.165, 1.54) is 29.6 Å². The van der Waals surface area contributed by atoms with Gasteiger partial charge in [-0.1, -0.05) is 12.8 Å². The fraction of sp³-hybridized carbons (Fsp3) is 0.650. The zero-order valence-electron chi connectivity index (χ0n) is 16.3. The van der Waals surface area contributed by atoms with Crippen LogP contribution in [0.5, 0.6) is 0 Å². The minimum atomic E-state index is -3.55. The van der Waals surface area contributed by atoms with Gasteiger partial charge in [0.05, 0.1) is 10.5 Å². The van der Waals surface area contributed by atoms with Gasteiger partial charge >= 0.3 is 0 Å². The maximum atomic E-state index is 12.9. The van der Waals surface area contributed by atoms with Crippen LogP contribution in [0, 0.1) is 0 Å². The van der Waals surface area contributed by atoms with Gasteiger partial charge in [0.2, 0.25) is 10.0 Å². The molecule has 28 heavy (non-hydrogen) atoms. The third-order valence-corrected chi connectivity index (χ3v) is 8.11. The van der Waals surface area contributed by atoms with Gasteiger partial charge in [0.25, 0.3) is 5.91 Å². The summed E-state index contributed by atoms with van der Waals surface area (Å²) >= 11 is 3.39. The third-order valence-electron chi connectivity index (χ3n) is 5.52. The van der Waals surface area contributed by atoms with E-state index in [1.807, 2.05) is 0 Å². The van der Waals surface area contributed by atoms with Gasteiger partial charge in [-0.2, -0.15) is 4.31 Å². The Balaban J connectivity index is 1.59. The number of benzene rings is 1. The Labute approximate surface area is 176 Å². The zero-order chi connectivity index (χ0) is 20.0. The van der Waals surface area contributed by atoms with E-state index in [-0.39, 0.29) is 10.8 Å². The number of nitrogens with one attached hydrogen (secondary N) is 1. The highest BCUT2D eigenvalue weighted by Gasteiger charge is 2.27. The largest absolute Gasteiger partial charge is 0.352 e. The third kappa shape index (κ3) is 5.55. The van der Waals surface area contributed by atoms with Crippen LogP contribution < -0.4 is 5.32 Å². The molecular formula is C20H30BrN3O3S. The Bertz CT molecular complexity index is 773. The monoisotopic (exact) mass is 471 g/mol. The minimum Gasteiger partial charge on any atom is -0.352 e. The van der Waals surface area contributed by atoms with Gasteiger partial charge in [-0.25, -0.2) is 8.42 Å². The molecule has 2 saturated heterocycles. The standard InChI is InChI=1S/C20H30BrN3O3S/c21-19-9-8-17(28(26,27)24-14-5-2-6-15-24)16-18(19)20(25)22-10-7-13-23-11-3-1-4-12-23/h8-9,16H,1-7,10-15H2,(H,22,25). The lowest BCUT2D eigenvalue weighted by Crippen LogP contribution is -2.36. The Kier molecular flexibility index (Phi) is 7.91. The smallest absolute Gasteiger partial charge is 0.252 e. The van der Waals surface area contributed by atoms with E-state index in [0.717, 1.165) is 45.3 Å². The Morgan fingerprint density at radius 3 is 2.32 bits per heavy atom. The molecule has 0 aromatic heterocycles. The lowest BCUT2D eigenvalue weighted by Gasteiger charge is -2.26. The number of piperidine rings is 2. The molecule has 1 aromatic carbocycles. The van der Waals surface area contributed by atoms with Gasteiger partial charge in [0.1, 0.15) is 0 Å². The molecule has 0 saturated carbocycles. The first-order valence-electron chi connectivity index (χ1n) is 10.3. The van der Waals surface area contributed by atoms with Crippen LogP contribution in [0.15, 0.2) is 27.6 Å². The number of amides is 1. The number of likely N-dealkylation sites (tertiary alicyclic amines) is 1. The van der Waals surface area contributed by atoms with Gasteiger partial charge in [-0.05, 0) is 85.9 Å². The summed E-state index contributed by atoms with van der Waals surface area (Å²) in [6, 6.07) is 4.72. The second kappa shape index (κ2) is 10.2. The lowest BCUT2D eigenvalue weighted by atomic mass is 10.1. The van der Waals surface area contributed by atoms with Gasteiger partial charge in [0.15, 0.2) is 0 Å². The highest BCUT2D eigenvalue weighted by molar-refractivity contribution is 9.10. The molecule has 0 unspecified atom stereocenters. The van der Waals surface area contributed by atoms with Crippen molar-refractivity contribution in [2.45, 2.75) is 49.8 Å². The highest BCUT2D eigenvalue weighted by atomic mass is 79.9. The van der Waals surface area contributed by atoms with Crippen molar-refractivity contribution in [1.29, 1.82) is 0 Å². The summed E-state index contributed by atoms with van der Waals surface area (Å²) in [5.41, 5.74) is 0.371. The topological polar surface area (TPSA) is 69.7 Å². The zero-order valence-corrected chi connectivity index (χ0v) is 18.7. The van der Waals surface area contributed by atoms with E-state index in [1.54, 1.807) is 12.1 Å². The summed E-state index contributed by atoms with van der Waals surface area (Å²) in [6.45, 7) is 4.98. The highest BCUT2D eigenvalue weighted by Crippen LogP contribution is 2.25. The number of sulfonamides is 1. The van der Waals surface area contributed by atoms with Crippen LogP contribution >= 0.6 is 15.9 Å². The summed E-state index contributed by atoms with van der Waals surface area (Å²) in [5, 5.41) is 2.93. The predicted octanol–water partition coefficient (Wildman–Crippen LogP) is 3.23. The minimum absolute atomic E-state index is 0.191. The fourth-order valence-electron chi connectivity index (χ4n) is 3.88. The molecule has 0 atom stereocenters. The van der Waals surface area contributed by atoms with Crippen molar-refractivity contribution in [3.8, 4) is 0 Å². The summed E-state index contributed by atoms with van der Waals surface area (Å²) in [4.78, 5) is 15.2. The van der Waals surface area contributed by atoms with Crippen LogP contribution in [0.1, 0.15) is 55.3 Å². The summed E-state index contributed by atoms with van der Waals surface area (Å²) in [7, 11) is -3.55. The molecule has 3 rings (SSSR count). The van der Waals surface area contributed by atoms with Crippen molar-refractivity contribution in [1.82, 2.24) is 14.5 Å². The van der Waals surface area contributed by atoms with E-state index >= 15 is 0 Å². The first kappa shape index (κ1) is 21.7. The number of carbonyl (C=O) groups is 1. The van der Waals surface area contributed by atoms with Crippen molar-refractivity contribution in [2.75, 3.05) is 39.3 Å². The van der Waals surface area contributed by atoms with E-state index in [2.05, 4.69) is 26.1 Å². The Morgan fingerprint density at radius 2 is 1.64 bits per heavy atom. The average molecular weight is 472 g/mol. The van der Waals surface area contributed by atoms with E-state index in [0.29, 0.717) is 29.7 Å². The maximum absolute atomic E-state index is 12.9. The Hall–Kier alpha value is -0.960. The quantitative estimate of drug-likeness (QED) is 0.619. The molecule has 8 heteroatoms. The second-order valence-corrected chi connectivity index (χ2v) is 10.4. The molecule has 6 nitrogen and oxygen atoms in total. The van der Waals surface area contributed by atoms with Crippen LogP contribution in [-0.4, -0.2) is 62.8 Å². The van der Waals surface area contributed by atoms with E-state index in [9.17, 15) is 13.2 Å². The summed E-state index contributed by atoms with van der Waals surface area (Å²) in [6.07, 6.45) is 7.58. The maximum Gasteiger partial charge on any atom is 0.252 e. The molecule has 2 heterocycles. The van der Waals surface area contributed by atoms with E-state index < -0.39 is 10.0 Å². The average Bonchev–Trinajstić information content (AvgIpc) is 2.72. The lowest BCUT2D eigenvalue weighted by molar-refractivity contribution is 0.0950. The number of rotatable bonds is 7. The number of carbonyl (C=O) groups excluding carboxylic acids is 1. The van der Waals surface area contributed by atoms with Crippen LogP contribution in [0.4, 0.5) is 0 Å².